The highest BCUT2D eigenvalue weighted by molar-refractivity contribution is 5.52. The molecule has 0 spiro atoms. The summed E-state index contributed by atoms with van der Waals surface area (Å²) in [5.74, 6) is 0.761. The van der Waals surface area contributed by atoms with E-state index in [0.29, 0.717) is 5.75 Å². The molecule has 126 valence electrons. The maximum atomic E-state index is 10.3. The van der Waals surface area contributed by atoms with Gasteiger partial charge in [-0.3, -0.25) is 0 Å². The summed E-state index contributed by atoms with van der Waals surface area (Å²) in [5.41, 5.74) is 0.0856. The van der Waals surface area contributed by atoms with Crippen molar-refractivity contribution in [3.63, 3.8) is 0 Å². The lowest BCUT2D eigenvalue weighted by molar-refractivity contribution is -0.116. The number of aliphatic hydroxyl groups is 5. The van der Waals surface area contributed by atoms with Gasteiger partial charge in [0.05, 0.1) is 33.5 Å². The Labute approximate surface area is 128 Å². The van der Waals surface area contributed by atoms with Crippen molar-refractivity contribution in [3.8, 4) is 17.2 Å². The summed E-state index contributed by atoms with van der Waals surface area (Å²) in [4.78, 5) is 0. The van der Waals surface area contributed by atoms with Gasteiger partial charge in [0.2, 0.25) is 0 Å². The molecule has 22 heavy (non-hydrogen) atoms. The van der Waals surface area contributed by atoms with E-state index in [2.05, 4.69) is 0 Å². The fraction of sp³-hybridized carbons (Fsp3) is 0.571. The van der Waals surface area contributed by atoms with Gasteiger partial charge in [0, 0.05) is 12.1 Å². The van der Waals surface area contributed by atoms with Crippen molar-refractivity contribution in [3.05, 3.63) is 17.7 Å². The summed E-state index contributed by atoms with van der Waals surface area (Å²) in [5, 5.41) is 48.2. The number of aliphatic hydroxyl groups excluding tert-OH is 5. The quantitative estimate of drug-likeness (QED) is 0.405. The van der Waals surface area contributed by atoms with E-state index in [1.807, 2.05) is 0 Å². The number of rotatable bonds is 8. The molecule has 0 heterocycles. The molecular weight excluding hydrogens is 296 g/mol. The highest BCUT2D eigenvalue weighted by Crippen LogP contribution is 2.40. The number of hydrogen-bond donors (Lipinski definition) is 5. The van der Waals surface area contributed by atoms with Gasteiger partial charge in [0.15, 0.2) is 0 Å². The molecule has 2 unspecified atom stereocenters. The first kappa shape index (κ1) is 18.5. The third kappa shape index (κ3) is 3.79. The van der Waals surface area contributed by atoms with E-state index in [1.165, 1.54) is 33.5 Å². The van der Waals surface area contributed by atoms with Crippen molar-refractivity contribution in [2.24, 2.45) is 0 Å². The van der Waals surface area contributed by atoms with Gasteiger partial charge < -0.3 is 39.7 Å². The Kier molecular flexibility index (Phi) is 6.85. The van der Waals surface area contributed by atoms with Crippen LogP contribution in [0.1, 0.15) is 11.7 Å². The number of methoxy groups -OCH3 is 3. The second kappa shape index (κ2) is 8.16. The van der Waals surface area contributed by atoms with E-state index in [9.17, 15) is 20.4 Å². The molecule has 0 aliphatic heterocycles. The summed E-state index contributed by atoms with van der Waals surface area (Å²) < 4.78 is 15.4. The zero-order chi connectivity index (χ0) is 16.9. The SMILES string of the molecule is COc1cc(OC)c([C@H](O)C(O)[C@H](O)C(O)CO)c(OC)c1. The topological polar surface area (TPSA) is 129 Å². The van der Waals surface area contributed by atoms with Gasteiger partial charge in [-0.2, -0.15) is 0 Å². The Balaban J connectivity index is 3.23. The van der Waals surface area contributed by atoms with Crippen LogP contribution in [0.25, 0.3) is 0 Å². The third-order valence-electron chi connectivity index (χ3n) is 3.30. The van der Waals surface area contributed by atoms with E-state index in [1.54, 1.807) is 0 Å². The lowest BCUT2D eigenvalue weighted by atomic mass is 9.96. The number of ether oxygens (including phenoxy) is 3. The summed E-state index contributed by atoms with van der Waals surface area (Å²) in [6.07, 6.45) is -6.73. The molecule has 5 N–H and O–H groups in total. The minimum atomic E-state index is -1.77. The zero-order valence-electron chi connectivity index (χ0n) is 12.6. The molecule has 1 aromatic carbocycles. The number of hydrogen-bond acceptors (Lipinski definition) is 8. The fourth-order valence-corrected chi connectivity index (χ4v) is 2.02. The van der Waals surface area contributed by atoms with Crippen LogP contribution >= 0.6 is 0 Å². The molecule has 1 rings (SSSR count). The lowest BCUT2D eigenvalue weighted by Crippen LogP contribution is -2.42. The van der Waals surface area contributed by atoms with Crippen molar-refractivity contribution in [2.45, 2.75) is 24.4 Å². The largest absolute Gasteiger partial charge is 0.496 e. The molecule has 0 saturated carbocycles. The van der Waals surface area contributed by atoms with Gasteiger partial charge in [-0.05, 0) is 0 Å². The van der Waals surface area contributed by atoms with Crippen LogP contribution in [0, 0.1) is 0 Å². The van der Waals surface area contributed by atoms with Gasteiger partial charge in [-0.25, -0.2) is 0 Å². The second-order valence-corrected chi connectivity index (χ2v) is 4.62. The van der Waals surface area contributed by atoms with Crippen LogP contribution in [0.2, 0.25) is 0 Å². The summed E-state index contributed by atoms with van der Waals surface area (Å²) in [7, 11) is 4.16. The fourth-order valence-electron chi connectivity index (χ4n) is 2.02. The zero-order valence-corrected chi connectivity index (χ0v) is 12.6. The van der Waals surface area contributed by atoms with Crippen LogP contribution < -0.4 is 14.2 Å². The molecule has 0 amide bonds. The van der Waals surface area contributed by atoms with Crippen molar-refractivity contribution in [2.75, 3.05) is 27.9 Å². The Morgan fingerprint density at radius 1 is 0.864 bits per heavy atom. The van der Waals surface area contributed by atoms with Gasteiger partial charge in [0.1, 0.15) is 41.7 Å². The van der Waals surface area contributed by atoms with Crippen molar-refractivity contribution >= 4 is 0 Å². The molecule has 0 aliphatic carbocycles. The van der Waals surface area contributed by atoms with Crippen LogP contribution in [0.4, 0.5) is 0 Å². The molecule has 0 saturated heterocycles. The van der Waals surface area contributed by atoms with Gasteiger partial charge in [-0.15, -0.1) is 0 Å². The summed E-state index contributed by atoms with van der Waals surface area (Å²) in [6, 6.07) is 2.95. The minimum Gasteiger partial charge on any atom is -0.496 e. The van der Waals surface area contributed by atoms with E-state index in [0.717, 1.165) is 0 Å². The van der Waals surface area contributed by atoms with Crippen molar-refractivity contribution in [1.29, 1.82) is 0 Å². The van der Waals surface area contributed by atoms with Crippen LogP contribution in [-0.2, 0) is 0 Å². The third-order valence-corrected chi connectivity index (χ3v) is 3.30. The monoisotopic (exact) mass is 318 g/mol. The smallest absolute Gasteiger partial charge is 0.132 e. The summed E-state index contributed by atoms with van der Waals surface area (Å²) in [6.45, 7) is -0.762. The predicted octanol–water partition coefficient (Wildman–Crippen LogP) is -1.18. The Bertz CT molecular complexity index is 453. The van der Waals surface area contributed by atoms with Crippen molar-refractivity contribution < 1.29 is 39.7 Å². The second-order valence-electron chi connectivity index (χ2n) is 4.62. The van der Waals surface area contributed by atoms with Crippen LogP contribution in [0.3, 0.4) is 0 Å². The normalized spacial score (nSPS) is 16.5. The summed E-state index contributed by atoms with van der Waals surface area (Å²) >= 11 is 0. The van der Waals surface area contributed by atoms with Crippen LogP contribution in [0.15, 0.2) is 12.1 Å². The molecule has 0 radical (unpaired) electrons. The first-order valence-electron chi connectivity index (χ1n) is 6.54. The Morgan fingerprint density at radius 3 is 1.73 bits per heavy atom. The van der Waals surface area contributed by atoms with E-state index in [-0.39, 0.29) is 17.1 Å². The van der Waals surface area contributed by atoms with Gasteiger partial charge in [-0.1, -0.05) is 0 Å². The van der Waals surface area contributed by atoms with Gasteiger partial charge >= 0.3 is 0 Å². The maximum absolute atomic E-state index is 10.3. The van der Waals surface area contributed by atoms with Crippen LogP contribution in [0.5, 0.6) is 17.2 Å². The van der Waals surface area contributed by atoms with Crippen molar-refractivity contribution in [1.82, 2.24) is 0 Å². The van der Waals surface area contributed by atoms with Crippen LogP contribution in [-0.4, -0.2) is 71.8 Å². The molecule has 0 aliphatic rings. The predicted molar refractivity (Wildman–Crippen MR) is 76.2 cm³/mol. The Hall–Kier alpha value is -1.58. The molecular formula is C14H22O8. The maximum Gasteiger partial charge on any atom is 0.132 e. The van der Waals surface area contributed by atoms with E-state index >= 15 is 0 Å². The number of benzene rings is 1. The minimum absolute atomic E-state index is 0.0856. The van der Waals surface area contributed by atoms with E-state index in [4.69, 9.17) is 19.3 Å². The Morgan fingerprint density at radius 2 is 1.36 bits per heavy atom. The molecule has 0 aromatic heterocycles. The highest BCUT2D eigenvalue weighted by Gasteiger charge is 2.34. The molecule has 8 nitrogen and oxygen atoms in total. The first-order chi connectivity index (χ1) is 10.4. The standard InChI is InChI=1S/C14H22O8/c1-20-7-4-9(21-2)11(10(5-7)22-3)13(18)14(19)12(17)8(16)6-15/h4-5,8,12-19H,6H2,1-3H3/t8?,12-,13+,14?/m1/s1. The molecule has 4 atom stereocenters. The molecule has 0 fully saturated rings. The van der Waals surface area contributed by atoms with E-state index < -0.39 is 31.0 Å². The lowest BCUT2D eigenvalue weighted by Gasteiger charge is -2.27. The average Bonchev–Trinajstić information content (AvgIpc) is 2.57. The average molecular weight is 318 g/mol. The van der Waals surface area contributed by atoms with Gasteiger partial charge in [0.25, 0.3) is 0 Å². The molecule has 0 bridgehead atoms. The molecule has 8 heteroatoms. The highest BCUT2D eigenvalue weighted by atomic mass is 16.5. The molecule has 1 aromatic rings. The first-order valence-corrected chi connectivity index (χ1v) is 6.54.